The Bertz CT molecular complexity index is 716. The summed E-state index contributed by atoms with van der Waals surface area (Å²) in [5.41, 5.74) is 6.51. The maximum Gasteiger partial charge on any atom is 0.208 e. The minimum Gasteiger partial charge on any atom is -0.393 e. The molecule has 0 unspecified atom stereocenters. The molecular weight excluding hydrogens is 388 g/mol. The van der Waals surface area contributed by atoms with E-state index in [-0.39, 0.29) is 11.5 Å². The summed E-state index contributed by atoms with van der Waals surface area (Å²) in [5, 5.41) is 22.5. The van der Waals surface area contributed by atoms with E-state index in [1.807, 2.05) is 0 Å². The molecule has 5 rings (SSSR count). The van der Waals surface area contributed by atoms with Crippen LogP contribution in [0.25, 0.3) is 0 Å². The first kappa shape index (κ1) is 22.0. The van der Waals surface area contributed by atoms with Crippen LogP contribution in [0, 0.1) is 34.5 Å². The molecule has 176 valence electrons. The SMILES string of the molecule is CN1CCN=C1NNCC[C@H]1CC[C@]2(O)[C@@H]3CC[C@@H]4C[C@@H](O)CC[C@]4(C)[C@H]3CC[C@]12C. The van der Waals surface area contributed by atoms with Gasteiger partial charge in [-0.3, -0.25) is 10.4 Å². The Balaban J connectivity index is 1.24. The number of guanidine groups is 1. The monoisotopic (exact) mass is 432 g/mol. The van der Waals surface area contributed by atoms with Crippen molar-refractivity contribution in [3.05, 3.63) is 0 Å². The van der Waals surface area contributed by atoms with Gasteiger partial charge in [-0.15, -0.1) is 0 Å². The molecule has 0 aromatic heterocycles. The van der Waals surface area contributed by atoms with Crippen LogP contribution >= 0.6 is 0 Å². The number of fused-ring (bicyclic) bond motifs is 5. The molecule has 5 aliphatic rings. The molecule has 4 saturated carbocycles. The fourth-order valence-corrected chi connectivity index (χ4v) is 8.83. The van der Waals surface area contributed by atoms with Gasteiger partial charge < -0.3 is 15.1 Å². The number of nitrogens with one attached hydrogen (secondary N) is 2. The van der Waals surface area contributed by atoms with Crippen LogP contribution in [0.2, 0.25) is 0 Å². The summed E-state index contributed by atoms with van der Waals surface area (Å²) in [6.07, 6.45) is 11.0. The number of hydrogen-bond acceptors (Lipinski definition) is 6. The molecule has 4 fully saturated rings. The van der Waals surface area contributed by atoms with Crippen molar-refractivity contribution >= 4 is 5.96 Å². The topological polar surface area (TPSA) is 80.1 Å². The highest BCUT2D eigenvalue weighted by molar-refractivity contribution is 5.80. The standard InChI is InChI=1S/C25H44N4O2/c1-23-10-7-19(30)16-18(23)4-5-21-20(23)8-11-24(2)17(6-12-25(21,24)31)9-13-27-28-22-26-14-15-29(22)3/h17-21,27,30-31H,4-16H2,1-3H3,(H,26,28)/t17-,18-,19+,20+,21-,23+,24-,25+/m1/s1. The van der Waals surface area contributed by atoms with Crippen LogP contribution in [0.4, 0.5) is 0 Å². The molecule has 31 heavy (non-hydrogen) atoms. The zero-order valence-electron chi connectivity index (χ0n) is 19.9. The number of hydrogen-bond donors (Lipinski definition) is 4. The van der Waals surface area contributed by atoms with E-state index in [0.29, 0.717) is 29.1 Å². The van der Waals surface area contributed by atoms with Gasteiger partial charge in [-0.25, -0.2) is 5.43 Å². The van der Waals surface area contributed by atoms with Crippen LogP contribution < -0.4 is 10.9 Å². The highest BCUT2D eigenvalue weighted by Gasteiger charge is 2.66. The van der Waals surface area contributed by atoms with Crippen molar-refractivity contribution in [3.8, 4) is 0 Å². The van der Waals surface area contributed by atoms with Crippen LogP contribution in [0.1, 0.15) is 78.1 Å². The van der Waals surface area contributed by atoms with Crippen molar-refractivity contribution in [3.63, 3.8) is 0 Å². The number of aliphatic hydroxyl groups is 2. The van der Waals surface area contributed by atoms with Crippen molar-refractivity contribution in [2.45, 2.75) is 89.8 Å². The van der Waals surface area contributed by atoms with Gasteiger partial charge >= 0.3 is 0 Å². The molecule has 8 atom stereocenters. The molecule has 0 aromatic rings. The van der Waals surface area contributed by atoms with Crippen molar-refractivity contribution in [2.24, 2.45) is 39.5 Å². The average molecular weight is 433 g/mol. The van der Waals surface area contributed by atoms with E-state index in [9.17, 15) is 10.2 Å². The lowest BCUT2D eigenvalue weighted by molar-refractivity contribution is -0.210. The molecule has 4 aliphatic carbocycles. The highest BCUT2D eigenvalue weighted by Crippen LogP contribution is 2.69. The largest absolute Gasteiger partial charge is 0.393 e. The molecule has 0 saturated heterocycles. The molecule has 0 amide bonds. The summed E-state index contributed by atoms with van der Waals surface area (Å²) in [6, 6.07) is 0. The van der Waals surface area contributed by atoms with Gasteiger partial charge in [0.2, 0.25) is 5.96 Å². The Kier molecular flexibility index (Phi) is 5.58. The van der Waals surface area contributed by atoms with Crippen molar-refractivity contribution in [2.75, 3.05) is 26.7 Å². The van der Waals surface area contributed by atoms with Crippen LogP contribution in [0.3, 0.4) is 0 Å². The zero-order valence-corrected chi connectivity index (χ0v) is 19.9. The number of aliphatic hydroxyl groups excluding tert-OH is 1. The number of aliphatic imine (C=N–C) groups is 1. The molecular formula is C25H44N4O2. The summed E-state index contributed by atoms with van der Waals surface area (Å²) in [7, 11) is 2.07. The first-order chi connectivity index (χ1) is 14.8. The molecule has 6 heteroatoms. The third-order valence-corrected chi connectivity index (χ3v) is 10.9. The van der Waals surface area contributed by atoms with E-state index in [4.69, 9.17) is 0 Å². The fraction of sp³-hybridized carbons (Fsp3) is 0.960. The first-order valence-corrected chi connectivity index (χ1v) is 12.9. The van der Waals surface area contributed by atoms with Gasteiger partial charge in [0.1, 0.15) is 0 Å². The van der Waals surface area contributed by atoms with E-state index in [1.165, 1.54) is 12.8 Å². The fourth-order valence-electron chi connectivity index (χ4n) is 8.83. The lowest BCUT2D eigenvalue weighted by Crippen LogP contribution is -2.62. The molecule has 0 spiro atoms. The Morgan fingerprint density at radius 1 is 1.06 bits per heavy atom. The minimum absolute atomic E-state index is 0.0366. The Morgan fingerprint density at radius 3 is 2.68 bits per heavy atom. The van der Waals surface area contributed by atoms with E-state index in [0.717, 1.165) is 77.0 Å². The number of nitrogens with zero attached hydrogens (tertiary/aromatic N) is 2. The third-order valence-electron chi connectivity index (χ3n) is 10.9. The number of hydrazine groups is 1. The average Bonchev–Trinajstić information content (AvgIpc) is 3.26. The van der Waals surface area contributed by atoms with Gasteiger partial charge in [-0.05, 0) is 98.7 Å². The molecule has 6 nitrogen and oxygen atoms in total. The highest BCUT2D eigenvalue weighted by atomic mass is 16.3. The Morgan fingerprint density at radius 2 is 1.90 bits per heavy atom. The second-order valence-electron chi connectivity index (χ2n) is 12.0. The third kappa shape index (κ3) is 3.34. The summed E-state index contributed by atoms with van der Waals surface area (Å²) >= 11 is 0. The van der Waals surface area contributed by atoms with E-state index >= 15 is 0 Å². The van der Waals surface area contributed by atoms with E-state index in [2.05, 4.69) is 41.6 Å². The zero-order chi connectivity index (χ0) is 21.9. The molecule has 0 bridgehead atoms. The van der Waals surface area contributed by atoms with Gasteiger partial charge in [0.05, 0.1) is 18.2 Å². The van der Waals surface area contributed by atoms with E-state index < -0.39 is 5.60 Å². The van der Waals surface area contributed by atoms with Crippen LogP contribution in [-0.4, -0.2) is 59.5 Å². The molecule has 1 heterocycles. The first-order valence-electron chi connectivity index (χ1n) is 12.9. The van der Waals surface area contributed by atoms with Crippen molar-refractivity contribution in [1.29, 1.82) is 0 Å². The number of rotatable bonds is 4. The minimum atomic E-state index is -0.506. The Labute approximate surface area is 188 Å². The van der Waals surface area contributed by atoms with Crippen molar-refractivity contribution < 1.29 is 10.2 Å². The summed E-state index contributed by atoms with van der Waals surface area (Å²) in [5.74, 6) is 3.24. The predicted octanol–water partition coefficient (Wildman–Crippen LogP) is 2.91. The second-order valence-corrected chi connectivity index (χ2v) is 12.0. The summed E-state index contributed by atoms with van der Waals surface area (Å²) < 4.78 is 0. The maximum atomic E-state index is 12.2. The predicted molar refractivity (Wildman–Crippen MR) is 123 cm³/mol. The molecule has 1 aliphatic heterocycles. The van der Waals surface area contributed by atoms with Gasteiger partial charge in [0, 0.05) is 20.1 Å². The normalized spacial score (nSPS) is 49.3. The Hall–Kier alpha value is -0.850. The lowest BCUT2D eigenvalue weighted by Gasteiger charge is -2.63. The second kappa shape index (κ2) is 7.88. The van der Waals surface area contributed by atoms with Gasteiger partial charge in [0.25, 0.3) is 0 Å². The van der Waals surface area contributed by atoms with E-state index in [1.54, 1.807) is 0 Å². The van der Waals surface area contributed by atoms with Gasteiger partial charge in [0.15, 0.2) is 0 Å². The van der Waals surface area contributed by atoms with Crippen LogP contribution in [0.5, 0.6) is 0 Å². The van der Waals surface area contributed by atoms with Crippen LogP contribution in [-0.2, 0) is 0 Å². The number of likely N-dealkylation sites (N-methyl/N-ethyl adjacent to an activating group) is 1. The van der Waals surface area contributed by atoms with Crippen molar-refractivity contribution in [1.82, 2.24) is 15.8 Å². The quantitative estimate of drug-likeness (QED) is 0.406. The van der Waals surface area contributed by atoms with Gasteiger partial charge in [-0.1, -0.05) is 13.8 Å². The lowest BCUT2D eigenvalue weighted by atomic mass is 9.43. The molecule has 4 N–H and O–H groups in total. The summed E-state index contributed by atoms with van der Waals surface area (Å²) in [4.78, 5) is 6.62. The van der Waals surface area contributed by atoms with Gasteiger partial charge in [-0.2, -0.15) is 0 Å². The maximum absolute atomic E-state index is 12.2. The smallest absolute Gasteiger partial charge is 0.208 e. The molecule has 0 radical (unpaired) electrons. The van der Waals surface area contributed by atoms with Crippen LogP contribution in [0.15, 0.2) is 4.99 Å². The summed E-state index contributed by atoms with van der Waals surface area (Å²) in [6.45, 7) is 7.67. The molecule has 0 aromatic carbocycles.